The standard InChI is InChI=1S/C17H16ClNO5S/c1-25(22,23)15-7-5-13(6-8-15)17(21)24-11-16(20)19-10-12-3-2-4-14(18)9-12/h2-9H,10-11H2,1H3,(H,19,20). The lowest BCUT2D eigenvalue weighted by atomic mass is 10.2. The van der Waals surface area contributed by atoms with Crippen LogP contribution in [0.1, 0.15) is 15.9 Å². The van der Waals surface area contributed by atoms with Crippen LogP contribution in [0.2, 0.25) is 5.02 Å². The van der Waals surface area contributed by atoms with E-state index in [4.69, 9.17) is 16.3 Å². The lowest BCUT2D eigenvalue weighted by Gasteiger charge is -2.07. The normalized spacial score (nSPS) is 11.0. The first kappa shape index (κ1) is 19.0. The number of ether oxygens (including phenoxy) is 1. The van der Waals surface area contributed by atoms with Crippen LogP contribution in [0.15, 0.2) is 53.4 Å². The van der Waals surface area contributed by atoms with Crippen LogP contribution in [0.5, 0.6) is 0 Å². The molecule has 0 fully saturated rings. The third kappa shape index (κ3) is 5.88. The number of nitrogens with one attached hydrogen (secondary N) is 1. The molecule has 0 heterocycles. The second kappa shape index (κ2) is 8.13. The summed E-state index contributed by atoms with van der Waals surface area (Å²) >= 11 is 5.85. The van der Waals surface area contributed by atoms with E-state index in [1.54, 1.807) is 18.2 Å². The van der Waals surface area contributed by atoms with E-state index in [-0.39, 0.29) is 17.0 Å². The predicted octanol–water partition coefficient (Wildman–Crippen LogP) is 2.22. The number of sulfone groups is 1. The van der Waals surface area contributed by atoms with E-state index in [2.05, 4.69) is 5.32 Å². The summed E-state index contributed by atoms with van der Waals surface area (Å²) in [5, 5.41) is 3.17. The first-order chi connectivity index (χ1) is 11.8. The zero-order valence-electron chi connectivity index (χ0n) is 13.4. The van der Waals surface area contributed by atoms with Gasteiger partial charge in [-0.3, -0.25) is 4.79 Å². The Hall–Kier alpha value is -2.38. The fourth-order valence-electron chi connectivity index (χ4n) is 1.95. The fourth-order valence-corrected chi connectivity index (χ4v) is 2.79. The van der Waals surface area contributed by atoms with Gasteiger partial charge in [0.15, 0.2) is 16.4 Å². The van der Waals surface area contributed by atoms with E-state index in [1.807, 2.05) is 6.07 Å². The molecule has 8 heteroatoms. The van der Waals surface area contributed by atoms with Gasteiger partial charge in [0.1, 0.15) is 0 Å². The summed E-state index contributed by atoms with van der Waals surface area (Å²) in [4.78, 5) is 23.7. The highest BCUT2D eigenvalue weighted by Gasteiger charge is 2.12. The number of carbonyl (C=O) groups excluding carboxylic acids is 2. The van der Waals surface area contributed by atoms with Crippen molar-refractivity contribution in [2.24, 2.45) is 0 Å². The predicted molar refractivity (Wildman–Crippen MR) is 93.1 cm³/mol. The van der Waals surface area contributed by atoms with Crippen molar-refractivity contribution in [3.63, 3.8) is 0 Å². The molecule has 0 saturated carbocycles. The van der Waals surface area contributed by atoms with Gasteiger partial charge in [-0.05, 0) is 42.0 Å². The minimum atomic E-state index is -3.33. The van der Waals surface area contributed by atoms with Crippen molar-refractivity contribution in [1.29, 1.82) is 0 Å². The fraction of sp³-hybridized carbons (Fsp3) is 0.176. The highest BCUT2D eigenvalue weighted by molar-refractivity contribution is 7.90. The SMILES string of the molecule is CS(=O)(=O)c1ccc(C(=O)OCC(=O)NCc2cccc(Cl)c2)cc1. The van der Waals surface area contributed by atoms with Crippen LogP contribution in [0.3, 0.4) is 0 Å². The zero-order valence-corrected chi connectivity index (χ0v) is 14.9. The molecule has 0 bridgehead atoms. The lowest BCUT2D eigenvalue weighted by molar-refractivity contribution is -0.124. The number of esters is 1. The van der Waals surface area contributed by atoms with Gasteiger partial charge in [0, 0.05) is 17.8 Å². The molecule has 0 aliphatic rings. The average Bonchev–Trinajstić information content (AvgIpc) is 2.57. The van der Waals surface area contributed by atoms with Crippen LogP contribution in [0.4, 0.5) is 0 Å². The molecule has 1 N–H and O–H groups in total. The Morgan fingerprint density at radius 1 is 1.12 bits per heavy atom. The Bertz CT molecular complexity index is 878. The topological polar surface area (TPSA) is 89.5 Å². The van der Waals surface area contributed by atoms with Gasteiger partial charge in [0.05, 0.1) is 10.5 Å². The van der Waals surface area contributed by atoms with Crippen molar-refractivity contribution in [1.82, 2.24) is 5.32 Å². The number of hydrogen-bond donors (Lipinski definition) is 1. The van der Waals surface area contributed by atoms with E-state index in [0.717, 1.165) is 11.8 Å². The van der Waals surface area contributed by atoms with Gasteiger partial charge in [0.25, 0.3) is 5.91 Å². The smallest absolute Gasteiger partial charge is 0.338 e. The van der Waals surface area contributed by atoms with Crippen LogP contribution in [-0.4, -0.2) is 33.2 Å². The van der Waals surface area contributed by atoms with E-state index in [9.17, 15) is 18.0 Å². The van der Waals surface area contributed by atoms with Crippen molar-refractivity contribution in [3.8, 4) is 0 Å². The molecule has 0 saturated heterocycles. The van der Waals surface area contributed by atoms with Gasteiger partial charge in [-0.15, -0.1) is 0 Å². The zero-order chi connectivity index (χ0) is 18.4. The highest BCUT2D eigenvalue weighted by atomic mass is 35.5. The minimum Gasteiger partial charge on any atom is -0.452 e. The van der Waals surface area contributed by atoms with Gasteiger partial charge < -0.3 is 10.1 Å². The minimum absolute atomic E-state index is 0.100. The summed E-state index contributed by atoms with van der Waals surface area (Å²) in [5.41, 5.74) is 0.985. The molecule has 0 unspecified atom stereocenters. The molecule has 2 aromatic rings. The van der Waals surface area contributed by atoms with Gasteiger partial charge in [0.2, 0.25) is 0 Å². The molecule has 2 rings (SSSR count). The average molecular weight is 382 g/mol. The molecule has 0 radical (unpaired) electrons. The second-order valence-electron chi connectivity index (χ2n) is 5.28. The molecule has 0 spiro atoms. The van der Waals surface area contributed by atoms with Crippen molar-refractivity contribution >= 4 is 33.3 Å². The van der Waals surface area contributed by atoms with Crippen LogP contribution in [0.25, 0.3) is 0 Å². The van der Waals surface area contributed by atoms with Crippen molar-refractivity contribution in [3.05, 3.63) is 64.7 Å². The summed E-state index contributed by atoms with van der Waals surface area (Å²) in [5.74, 6) is -1.17. The summed E-state index contributed by atoms with van der Waals surface area (Å²) in [6.45, 7) is -0.173. The van der Waals surface area contributed by atoms with Gasteiger partial charge >= 0.3 is 5.97 Å². The van der Waals surface area contributed by atoms with Crippen molar-refractivity contribution in [2.45, 2.75) is 11.4 Å². The van der Waals surface area contributed by atoms with Crippen LogP contribution >= 0.6 is 11.6 Å². The van der Waals surface area contributed by atoms with Crippen LogP contribution in [-0.2, 0) is 25.9 Å². The van der Waals surface area contributed by atoms with Crippen LogP contribution < -0.4 is 5.32 Å². The molecular formula is C17H16ClNO5S. The van der Waals surface area contributed by atoms with Crippen LogP contribution in [0, 0.1) is 0 Å². The molecule has 0 aromatic heterocycles. The van der Waals surface area contributed by atoms with E-state index >= 15 is 0 Å². The Balaban J connectivity index is 1.84. The Kier molecular flexibility index (Phi) is 6.17. The largest absolute Gasteiger partial charge is 0.452 e. The first-order valence-corrected chi connectivity index (χ1v) is 9.51. The number of hydrogen-bond acceptors (Lipinski definition) is 5. The summed E-state index contributed by atoms with van der Waals surface area (Å²) < 4.78 is 27.6. The van der Waals surface area contributed by atoms with Gasteiger partial charge in [-0.25, -0.2) is 13.2 Å². The molecule has 132 valence electrons. The molecule has 25 heavy (non-hydrogen) atoms. The lowest BCUT2D eigenvalue weighted by Crippen LogP contribution is -2.28. The number of carbonyl (C=O) groups is 2. The maximum atomic E-state index is 11.9. The number of benzene rings is 2. The Morgan fingerprint density at radius 3 is 2.40 bits per heavy atom. The van der Waals surface area contributed by atoms with Gasteiger partial charge in [-0.2, -0.15) is 0 Å². The molecule has 0 aliphatic heterocycles. The quantitative estimate of drug-likeness (QED) is 0.775. The number of halogens is 1. The van der Waals surface area contributed by atoms with E-state index < -0.39 is 28.3 Å². The summed E-state index contributed by atoms with van der Waals surface area (Å²) in [7, 11) is -3.33. The highest BCUT2D eigenvalue weighted by Crippen LogP contribution is 2.12. The molecule has 0 atom stereocenters. The Labute approximate surface area is 150 Å². The molecular weight excluding hydrogens is 366 g/mol. The molecule has 1 amide bonds. The maximum Gasteiger partial charge on any atom is 0.338 e. The molecule has 2 aromatic carbocycles. The summed E-state index contributed by atoms with van der Waals surface area (Å²) in [6.07, 6.45) is 1.07. The Morgan fingerprint density at radius 2 is 1.80 bits per heavy atom. The third-order valence-electron chi connectivity index (χ3n) is 3.23. The number of rotatable bonds is 6. The van der Waals surface area contributed by atoms with E-state index in [0.29, 0.717) is 5.02 Å². The third-order valence-corrected chi connectivity index (χ3v) is 4.59. The summed E-state index contributed by atoms with van der Waals surface area (Å²) in [6, 6.07) is 12.3. The maximum absolute atomic E-state index is 11.9. The van der Waals surface area contributed by atoms with E-state index in [1.165, 1.54) is 24.3 Å². The molecule has 6 nitrogen and oxygen atoms in total. The van der Waals surface area contributed by atoms with Gasteiger partial charge in [-0.1, -0.05) is 23.7 Å². The monoisotopic (exact) mass is 381 g/mol. The van der Waals surface area contributed by atoms with Crippen molar-refractivity contribution < 1.29 is 22.7 Å². The van der Waals surface area contributed by atoms with Crippen molar-refractivity contribution in [2.75, 3.05) is 12.9 Å². The first-order valence-electron chi connectivity index (χ1n) is 7.24. The number of amides is 1. The second-order valence-corrected chi connectivity index (χ2v) is 7.73. The molecule has 0 aliphatic carbocycles.